The monoisotopic (exact) mass is 163 g/mol. The molecule has 0 spiro atoms. The van der Waals surface area contributed by atoms with Gasteiger partial charge in [0.1, 0.15) is 0 Å². The summed E-state index contributed by atoms with van der Waals surface area (Å²) in [6.07, 6.45) is 0.669. The lowest BCUT2D eigenvalue weighted by molar-refractivity contribution is -0.105. The van der Waals surface area contributed by atoms with E-state index in [4.69, 9.17) is 0 Å². The second-order valence-corrected chi connectivity index (χ2v) is 2.05. The van der Waals surface area contributed by atoms with Gasteiger partial charge in [-0.3, -0.25) is 4.79 Å². The standard InChI is InChI=1S/C5H5NOS.ClH/c7-4-6-5-1-2-8-3-5;/h1-4H,(H,6,7);1H. The Balaban J connectivity index is 0.000000640. The molecule has 50 valence electrons. The van der Waals surface area contributed by atoms with Crippen molar-refractivity contribution in [3.8, 4) is 0 Å². The zero-order valence-electron chi connectivity index (χ0n) is 4.53. The molecule has 0 atom stereocenters. The summed E-state index contributed by atoms with van der Waals surface area (Å²) >= 11 is 1.56. The van der Waals surface area contributed by atoms with Crippen LogP contribution in [-0.2, 0) is 4.79 Å². The van der Waals surface area contributed by atoms with Gasteiger partial charge in [-0.25, -0.2) is 0 Å². The lowest BCUT2D eigenvalue weighted by Gasteiger charge is -1.85. The van der Waals surface area contributed by atoms with E-state index in [9.17, 15) is 4.79 Å². The molecule has 1 amide bonds. The molecule has 0 aliphatic rings. The summed E-state index contributed by atoms with van der Waals surface area (Å²) in [5.74, 6) is 0. The van der Waals surface area contributed by atoms with E-state index in [1.165, 1.54) is 0 Å². The largest absolute Gasteiger partial charge is 0.328 e. The van der Waals surface area contributed by atoms with Crippen LogP contribution in [0.2, 0.25) is 0 Å². The van der Waals surface area contributed by atoms with E-state index >= 15 is 0 Å². The molecule has 0 aliphatic carbocycles. The van der Waals surface area contributed by atoms with Crippen LogP contribution in [0.15, 0.2) is 16.8 Å². The highest BCUT2D eigenvalue weighted by Gasteiger charge is 1.84. The van der Waals surface area contributed by atoms with Gasteiger partial charge in [-0.15, -0.1) is 12.4 Å². The molecular weight excluding hydrogens is 158 g/mol. The molecule has 0 unspecified atom stereocenters. The Hall–Kier alpha value is -0.540. The Morgan fingerprint density at radius 1 is 1.67 bits per heavy atom. The molecule has 0 radical (unpaired) electrons. The Bertz CT molecular complexity index is 163. The van der Waals surface area contributed by atoms with Crippen LogP contribution in [-0.4, -0.2) is 6.41 Å². The van der Waals surface area contributed by atoms with E-state index < -0.39 is 0 Å². The maximum atomic E-state index is 9.77. The summed E-state index contributed by atoms with van der Waals surface area (Å²) in [6.45, 7) is 0. The first kappa shape index (κ1) is 8.46. The quantitative estimate of drug-likeness (QED) is 0.662. The number of rotatable bonds is 2. The van der Waals surface area contributed by atoms with Crippen LogP contribution < -0.4 is 5.32 Å². The van der Waals surface area contributed by atoms with Gasteiger partial charge in [-0.1, -0.05) is 0 Å². The molecule has 9 heavy (non-hydrogen) atoms. The Labute approximate surface area is 63.3 Å². The molecule has 1 aromatic heterocycles. The predicted molar refractivity (Wildman–Crippen MR) is 41.3 cm³/mol. The SMILES string of the molecule is Cl.O=CNc1ccsc1. The van der Waals surface area contributed by atoms with Gasteiger partial charge < -0.3 is 5.32 Å². The van der Waals surface area contributed by atoms with Crippen LogP contribution in [0.5, 0.6) is 0 Å². The van der Waals surface area contributed by atoms with Gasteiger partial charge >= 0.3 is 0 Å². The van der Waals surface area contributed by atoms with Crippen LogP contribution in [0.25, 0.3) is 0 Å². The molecule has 4 heteroatoms. The second kappa shape index (κ2) is 4.35. The highest BCUT2D eigenvalue weighted by molar-refractivity contribution is 7.08. The summed E-state index contributed by atoms with van der Waals surface area (Å²) in [5.41, 5.74) is 0.866. The van der Waals surface area contributed by atoms with Crippen molar-refractivity contribution < 1.29 is 4.79 Å². The molecule has 0 bridgehead atoms. The first-order chi connectivity index (χ1) is 3.93. The average Bonchev–Trinajstić information content (AvgIpc) is 2.19. The van der Waals surface area contributed by atoms with Crippen molar-refractivity contribution in [2.24, 2.45) is 0 Å². The summed E-state index contributed by atoms with van der Waals surface area (Å²) in [5, 5.41) is 6.30. The summed E-state index contributed by atoms with van der Waals surface area (Å²) in [4.78, 5) is 9.77. The number of carbonyl (C=O) groups excluding carboxylic acids is 1. The van der Waals surface area contributed by atoms with Crippen molar-refractivity contribution >= 4 is 35.8 Å². The van der Waals surface area contributed by atoms with Crippen LogP contribution in [0.4, 0.5) is 5.69 Å². The fraction of sp³-hybridized carbons (Fsp3) is 0. The van der Waals surface area contributed by atoms with E-state index in [0.717, 1.165) is 5.69 Å². The van der Waals surface area contributed by atoms with Gasteiger partial charge in [0, 0.05) is 5.38 Å². The minimum atomic E-state index is 0. The Morgan fingerprint density at radius 2 is 2.44 bits per heavy atom. The molecule has 1 heterocycles. The maximum Gasteiger partial charge on any atom is 0.211 e. The number of thiophene rings is 1. The predicted octanol–water partition coefficient (Wildman–Crippen LogP) is 1.74. The van der Waals surface area contributed by atoms with E-state index in [-0.39, 0.29) is 12.4 Å². The van der Waals surface area contributed by atoms with Crippen LogP contribution in [0, 0.1) is 0 Å². The smallest absolute Gasteiger partial charge is 0.211 e. The number of anilines is 1. The second-order valence-electron chi connectivity index (χ2n) is 1.27. The van der Waals surface area contributed by atoms with Crippen LogP contribution >= 0.6 is 23.7 Å². The molecular formula is C5H6ClNOS. The molecule has 0 saturated carbocycles. The van der Waals surface area contributed by atoms with Crippen molar-refractivity contribution in [3.05, 3.63) is 16.8 Å². The van der Waals surface area contributed by atoms with Crippen molar-refractivity contribution in [2.75, 3.05) is 5.32 Å². The van der Waals surface area contributed by atoms with Crippen molar-refractivity contribution in [1.29, 1.82) is 0 Å². The van der Waals surface area contributed by atoms with Gasteiger partial charge in [0.05, 0.1) is 5.69 Å². The number of hydrogen-bond acceptors (Lipinski definition) is 2. The van der Waals surface area contributed by atoms with E-state index in [1.54, 1.807) is 11.3 Å². The molecule has 2 nitrogen and oxygen atoms in total. The highest BCUT2D eigenvalue weighted by atomic mass is 35.5. The van der Waals surface area contributed by atoms with E-state index in [0.29, 0.717) is 6.41 Å². The normalized spacial score (nSPS) is 7.56. The molecule has 1 aromatic rings. The Morgan fingerprint density at radius 3 is 2.89 bits per heavy atom. The van der Waals surface area contributed by atoms with E-state index in [2.05, 4.69) is 5.32 Å². The molecule has 0 aliphatic heterocycles. The number of amides is 1. The molecule has 1 rings (SSSR count). The number of carbonyl (C=O) groups is 1. The van der Waals surface area contributed by atoms with Gasteiger partial charge in [-0.2, -0.15) is 11.3 Å². The van der Waals surface area contributed by atoms with Gasteiger partial charge in [0.15, 0.2) is 0 Å². The zero-order valence-corrected chi connectivity index (χ0v) is 6.17. The van der Waals surface area contributed by atoms with Crippen LogP contribution in [0.1, 0.15) is 0 Å². The van der Waals surface area contributed by atoms with E-state index in [1.807, 2.05) is 16.8 Å². The van der Waals surface area contributed by atoms with Crippen molar-refractivity contribution in [1.82, 2.24) is 0 Å². The third kappa shape index (κ3) is 2.49. The minimum absolute atomic E-state index is 0. The highest BCUT2D eigenvalue weighted by Crippen LogP contribution is 2.09. The van der Waals surface area contributed by atoms with Crippen molar-refractivity contribution in [3.63, 3.8) is 0 Å². The fourth-order valence-corrected chi connectivity index (χ4v) is 1.01. The minimum Gasteiger partial charge on any atom is -0.328 e. The summed E-state index contributed by atoms with van der Waals surface area (Å²) in [7, 11) is 0. The molecule has 0 fully saturated rings. The lowest BCUT2D eigenvalue weighted by Crippen LogP contribution is -1.89. The van der Waals surface area contributed by atoms with Gasteiger partial charge in [0.2, 0.25) is 6.41 Å². The van der Waals surface area contributed by atoms with Gasteiger partial charge in [-0.05, 0) is 11.4 Å². The molecule has 0 saturated heterocycles. The average molecular weight is 164 g/mol. The fourth-order valence-electron chi connectivity index (χ4n) is 0.415. The molecule has 0 aromatic carbocycles. The topological polar surface area (TPSA) is 29.1 Å². The first-order valence-electron chi connectivity index (χ1n) is 2.16. The van der Waals surface area contributed by atoms with Gasteiger partial charge in [0.25, 0.3) is 0 Å². The maximum absolute atomic E-state index is 9.77. The summed E-state index contributed by atoms with van der Waals surface area (Å²) in [6, 6.07) is 1.85. The van der Waals surface area contributed by atoms with Crippen molar-refractivity contribution in [2.45, 2.75) is 0 Å². The first-order valence-corrected chi connectivity index (χ1v) is 3.10. The molecule has 1 N–H and O–H groups in total. The Kier molecular flexibility index (Phi) is 4.09. The number of nitrogens with one attached hydrogen (secondary N) is 1. The lowest BCUT2D eigenvalue weighted by atomic mass is 10.5. The third-order valence-corrected chi connectivity index (χ3v) is 1.43. The van der Waals surface area contributed by atoms with Crippen LogP contribution in [0.3, 0.4) is 0 Å². The summed E-state index contributed by atoms with van der Waals surface area (Å²) < 4.78 is 0. The number of halogens is 1. The zero-order chi connectivity index (χ0) is 5.82. The number of hydrogen-bond donors (Lipinski definition) is 1. The third-order valence-electron chi connectivity index (χ3n) is 0.747.